The highest BCUT2D eigenvalue weighted by Crippen LogP contribution is 2.22. The third-order valence-electron chi connectivity index (χ3n) is 2.22. The zero-order chi connectivity index (χ0) is 10.4. The Hall–Kier alpha value is -1.34. The molecule has 0 radical (unpaired) electrons. The number of aliphatic hydroxyl groups excluding tert-OH is 1. The first kappa shape index (κ1) is 10.7. The van der Waals surface area contributed by atoms with E-state index in [-0.39, 0.29) is 6.61 Å². The van der Waals surface area contributed by atoms with E-state index in [1.165, 1.54) is 11.1 Å². The molecule has 74 valence electrons. The molecule has 1 rings (SSSR count). The van der Waals surface area contributed by atoms with E-state index in [1.54, 1.807) is 0 Å². The summed E-state index contributed by atoms with van der Waals surface area (Å²) in [5.74, 6) is 0. The molecule has 0 aliphatic carbocycles. The molecule has 0 aliphatic heterocycles. The lowest BCUT2D eigenvalue weighted by Crippen LogP contribution is -1.92. The molecule has 14 heavy (non-hydrogen) atoms. The molecule has 0 spiro atoms. The Labute approximate surface area is 85.4 Å². The molecule has 1 aromatic rings. The van der Waals surface area contributed by atoms with Crippen molar-refractivity contribution in [2.45, 2.75) is 13.3 Å². The average Bonchev–Trinajstić information content (AvgIpc) is 2.26. The third kappa shape index (κ3) is 2.57. The zero-order valence-corrected chi connectivity index (χ0v) is 8.53. The van der Waals surface area contributed by atoms with Gasteiger partial charge in [-0.05, 0) is 30.1 Å². The van der Waals surface area contributed by atoms with Crippen LogP contribution in [-0.4, -0.2) is 11.7 Å². The van der Waals surface area contributed by atoms with Crippen molar-refractivity contribution in [3.63, 3.8) is 0 Å². The monoisotopic (exact) mass is 188 g/mol. The Morgan fingerprint density at radius 1 is 1.36 bits per heavy atom. The van der Waals surface area contributed by atoms with Crippen molar-refractivity contribution in [1.29, 1.82) is 0 Å². The Morgan fingerprint density at radius 2 is 2.00 bits per heavy atom. The van der Waals surface area contributed by atoms with Crippen LogP contribution in [-0.2, 0) is 0 Å². The second-order valence-electron chi connectivity index (χ2n) is 3.28. The summed E-state index contributed by atoms with van der Waals surface area (Å²) in [4.78, 5) is 0. The van der Waals surface area contributed by atoms with E-state index >= 15 is 0 Å². The lowest BCUT2D eigenvalue weighted by molar-refractivity contribution is 0.332. The summed E-state index contributed by atoms with van der Waals surface area (Å²) in [6, 6.07) is 10.1. The summed E-state index contributed by atoms with van der Waals surface area (Å²) < 4.78 is 0. The summed E-state index contributed by atoms with van der Waals surface area (Å²) in [7, 11) is 0. The van der Waals surface area contributed by atoms with Gasteiger partial charge >= 0.3 is 0 Å². The van der Waals surface area contributed by atoms with Gasteiger partial charge in [0.1, 0.15) is 0 Å². The topological polar surface area (TPSA) is 20.2 Å². The van der Waals surface area contributed by atoms with Crippen molar-refractivity contribution in [2.75, 3.05) is 6.61 Å². The number of hydrogen-bond acceptors (Lipinski definition) is 1. The molecule has 0 saturated heterocycles. The van der Waals surface area contributed by atoms with Crippen LogP contribution in [0.5, 0.6) is 0 Å². The number of allylic oxidation sites excluding steroid dienone is 2. The molecular weight excluding hydrogens is 172 g/mol. The molecule has 0 heterocycles. The van der Waals surface area contributed by atoms with Crippen molar-refractivity contribution in [2.24, 2.45) is 0 Å². The summed E-state index contributed by atoms with van der Waals surface area (Å²) in [5, 5.41) is 9.10. The highest BCUT2D eigenvalue weighted by Gasteiger charge is 2.02. The van der Waals surface area contributed by atoms with Crippen LogP contribution in [0.1, 0.15) is 18.9 Å². The Kier molecular flexibility index (Phi) is 4.14. The summed E-state index contributed by atoms with van der Waals surface area (Å²) in [6.07, 6.45) is 2.66. The van der Waals surface area contributed by atoms with Crippen LogP contribution in [0.25, 0.3) is 5.57 Å². The summed E-state index contributed by atoms with van der Waals surface area (Å²) in [5.41, 5.74) is 3.35. The van der Waals surface area contributed by atoms with E-state index in [9.17, 15) is 0 Å². The standard InChI is InChI=1S/C13H16O/c1-3-7-13(11(2)10-14)12-8-5-4-6-9-12/h3-6,8-9,14H,1,7,10H2,2H3/b13-11+. The normalized spacial score (nSPS) is 12.1. The Balaban J connectivity index is 3.07. The summed E-state index contributed by atoms with van der Waals surface area (Å²) in [6.45, 7) is 5.79. The molecular formula is C13H16O. The molecule has 0 fully saturated rings. The molecule has 0 unspecified atom stereocenters. The smallest absolute Gasteiger partial charge is 0.0645 e. The lowest BCUT2D eigenvalue weighted by atomic mass is 9.98. The summed E-state index contributed by atoms with van der Waals surface area (Å²) >= 11 is 0. The molecule has 1 nitrogen and oxygen atoms in total. The second kappa shape index (κ2) is 5.40. The van der Waals surface area contributed by atoms with Gasteiger partial charge in [0.15, 0.2) is 0 Å². The first-order valence-electron chi connectivity index (χ1n) is 4.75. The van der Waals surface area contributed by atoms with Crippen LogP contribution < -0.4 is 0 Å². The van der Waals surface area contributed by atoms with Gasteiger partial charge in [0.05, 0.1) is 6.61 Å². The fourth-order valence-corrected chi connectivity index (χ4v) is 1.42. The molecule has 0 aromatic heterocycles. The second-order valence-corrected chi connectivity index (χ2v) is 3.28. The number of hydrogen-bond donors (Lipinski definition) is 1. The van der Waals surface area contributed by atoms with Gasteiger partial charge < -0.3 is 5.11 Å². The van der Waals surface area contributed by atoms with Gasteiger partial charge in [0.2, 0.25) is 0 Å². The maximum absolute atomic E-state index is 9.10. The van der Waals surface area contributed by atoms with Crippen molar-refractivity contribution >= 4 is 5.57 Å². The molecule has 1 aromatic carbocycles. The van der Waals surface area contributed by atoms with Gasteiger partial charge in [-0.1, -0.05) is 36.4 Å². The highest BCUT2D eigenvalue weighted by atomic mass is 16.3. The SMILES string of the molecule is C=CC/C(=C(/C)CO)c1ccccc1. The molecule has 1 N–H and O–H groups in total. The van der Waals surface area contributed by atoms with E-state index in [4.69, 9.17) is 5.11 Å². The molecule has 0 amide bonds. The maximum Gasteiger partial charge on any atom is 0.0645 e. The predicted octanol–water partition coefficient (Wildman–Crippen LogP) is 3.03. The van der Waals surface area contributed by atoms with E-state index < -0.39 is 0 Å². The molecule has 1 heteroatoms. The predicted molar refractivity (Wildman–Crippen MR) is 60.9 cm³/mol. The minimum Gasteiger partial charge on any atom is -0.392 e. The third-order valence-corrected chi connectivity index (χ3v) is 2.22. The van der Waals surface area contributed by atoms with E-state index in [0.29, 0.717) is 0 Å². The first-order valence-corrected chi connectivity index (χ1v) is 4.75. The molecule has 0 bridgehead atoms. The van der Waals surface area contributed by atoms with Crippen LogP contribution in [0.4, 0.5) is 0 Å². The Bertz CT molecular complexity index is 322. The average molecular weight is 188 g/mol. The van der Waals surface area contributed by atoms with Crippen LogP contribution in [0.3, 0.4) is 0 Å². The maximum atomic E-state index is 9.10. The molecule has 0 atom stereocenters. The van der Waals surface area contributed by atoms with Crippen molar-refractivity contribution in [3.05, 3.63) is 54.1 Å². The molecule has 0 saturated carbocycles. The minimum absolute atomic E-state index is 0.109. The highest BCUT2D eigenvalue weighted by molar-refractivity contribution is 5.69. The zero-order valence-electron chi connectivity index (χ0n) is 8.53. The van der Waals surface area contributed by atoms with E-state index in [0.717, 1.165) is 12.0 Å². The lowest BCUT2D eigenvalue weighted by Gasteiger charge is -2.08. The van der Waals surface area contributed by atoms with Gasteiger partial charge in [-0.25, -0.2) is 0 Å². The van der Waals surface area contributed by atoms with Crippen molar-refractivity contribution < 1.29 is 5.11 Å². The van der Waals surface area contributed by atoms with E-state index in [2.05, 4.69) is 18.7 Å². The van der Waals surface area contributed by atoms with Gasteiger partial charge in [0.25, 0.3) is 0 Å². The van der Waals surface area contributed by atoms with Gasteiger partial charge in [-0.15, -0.1) is 6.58 Å². The van der Waals surface area contributed by atoms with Crippen LogP contribution in [0.2, 0.25) is 0 Å². The van der Waals surface area contributed by atoms with Crippen molar-refractivity contribution in [1.82, 2.24) is 0 Å². The van der Waals surface area contributed by atoms with Crippen molar-refractivity contribution in [3.8, 4) is 0 Å². The Morgan fingerprint density at radius 3 is 2.50 bits per heavy atom. The number of rotatable bonds is 4. The quantitative estimate of drug-likeness (QED) is 0.720. The van der Waals surface area contributed by atoms with E-state index in [1.807, 2.05) is 31.2 Å². The van der Waals surface area contributed by atoms with Crippen LogP contribution in [0.15, 0.2) is 48.6 Å². The van der Waals surface area contributed by atoms with Gasteiger partial charge in [-0.2, -0.15) is 0 Å². The molecule has 0 aliphatic rings. The fraction of sp³-hybridized carbons (Fsp3) is 0.231. The first-order chi connectivity index (χ1) is 6.79. The number of aliphatic hydroxyl groups is 1. The van der Waals surface area contributed by atoms with Crippen LogP contribution in [0, 0.1) is 0 Å². The minimum atomic E-state index is 0.109. The largest absolute Gasteiger partial charge is 0.392 e. The number of benzene rings is 1. The fourth-order valence-electron chi connectivity index (χ4n) is 1.42. The van der Waals surface area contributed by atoms with Gasteiger partial charge in [-0.3, -0.25) is 0 Å². The van der Waals surface area contributed by atoms with Gasteiger partial charge in [0, 0.05) is 0 Å². The van der Waals surface area contributed by atoms with Crippen LogP contribution >= 0.6 is 0 Å².